The molecule has 0 bridgehead atoms. The van der Waals surface area contributed by atoms with Crippen LogP contribution in [0.2, 0.25) is 10.0 Å². The second-order valence-corrected chi connectivity index (χ2v) is 5.11. The molecule has 0 aromatic heterocycles. The molecule has 108 valence electrons. The fraction of sp³-hybridized carbons (Fsp3) is 0.0667. The van der Waals surface area contributed by atoms with Crippen LogP contribution in [0, 0.1) is 0 Å². The minimum atomic E-state index is -0.377. The number of hydrazine groups is 1. The third-order valence-corrected chi connectivity index (χ3v) is 3.44. The second-order valence-electron chi connectivity index (χ2n) is 4.29. The molecule has 0 unspecified atom stereocenters. The molecule has 2 amide bonds. The predicted octanol–water partition coefficient (Wildman–Crippen LogP) is 3.00. The van der Waals surface area contributed by atoms with Gasteiger partial charge < -0.3 is 0 Å². The maximum absolute atomic E-state index is 11.7. The van der Waals surface area contributed by atoms with Gasteiger partial charge in [-0.25, -0.2) is 0 Å². The summed E-state index contributed by atoms with van der Waals surface area (Å²) in [5.74, 6) is -0.726. The Morgan fingerprint density at radius 1 is 0.905 bits per heavy atom. The molecule has 2 rings (SSSR count). The Hall–Kier alpha value is -2.04. The standard InChI is InChI=1S/C15H12Cl2N2O2/c16-12-7-6-10(8-13(12)17)9-14(20)18-19-15(21)11-4-2-1-3-5-11/h1-8H,9H2,(H,18,20)(H,19,21). The van der Waals surface area contributed by atoms with E-state index in [0.29, 0.717) is 21.2 Å². The summed E-state index contributed by atoms with van der Waals surface area (Å²) < 4.78 is 0. The first-order valence-corrected chi connectivity index (χ1v) is 6.90. The van der Waals surface area contributed by atoms with Crippen molar-refractivity contribution in [1.29, 1.82) is 0 Å². The highest BCUT2D eigenvalue weighted by Gasteiger charge is 2.08. The maximum atomic E-state index is 11.7. The van der Waals surface area contributed by atoms with Crippen LogP contribution in [0.3, 0.4) is 0 Å². The summed E-state index contributed by atoms with van der Waals surface area (Å²) in [6.45, 7) is 0. The first-order valence-electron chi connectivity index (χ1n) is 6.14. The highest BCUT2D eigenvalue weighted by atomic mass is 35.5. The van der Waals surface area contributed by atoms with E-state index in [2.05, 4.69) is 10.9 Å². The van der Waals surface area contributed by atoms with Crippen LogP contribution in [0.4, 0.5) is 0 Å². The van der Waals surface area contributed by atoms with Crippen molar-refractivity contribution in [2.24, 2.45) is 0 Å². The van der Waals surface area contributed by atoms with E-state index < -0.39 is 0 Å². The molecule has 0 aliphatic heterocycles. The summed E-state index contributed by atoms with van der Waals surface area (Å²) in [7, 11) is 0. The Labute approximate surface area is 132 Å². The molecule has 6 heteroatoms. The van der Waals surface area contributed by atoms with Gasteiger partial charge in [-0.15, -0.1) is 0 Å². The lowest BCUT2D eigenvalue weighted by Gasteiger charge is -2.08. The number of carbonyl (C=O) groups excluding carboxylic acids is 2. The average Bonchev–Trinajstić information content (AvgIpc) is 2.49. The van der Waals surface area contributed by atoms with E-state index in [0.717, 1.165) is 0 Å². The Morgan fingerprint density at radius 2 is 1.62 bits per heavy atom. The molecule has 0 aliphatic carbocycles. The molecule has 2 aromatic rings. The van der Waals surface area contributed by atoms with E-state index >= 15 is 0 Å². The SMILES string of the molecule is O=C(Cc1ccc(Cl)c(Cl)c1)NNC(=O)c1ccccc1. The van der Waals surface area contributed by atoms with Gasteiger partial charge in [-0.05, 0) is 29.8 Å². The molecule has 0 aliphatic rings. The number of halogens is 2. The number of hydrogen-bond acceptors (Lipinski definition) is 2. The monoisotopic (exact) mass is 322 g/mol. The van der Waals surface area contributed by atoms with Gasteiger partial charge in [0, 0.05) is 5.56 Å². The molecule has 2 aromatic carbocycles. The van der Waals surface area contributed by atoms with Crippen molar-refractivity contribution < 1.29 is 9.59 Å². The molecule has 0 heterocycles. The van der Waals surface area contributed by atoms with Crippen LogP contribution in [0.5, 0.6) is 0 Å². The van der Waals surface area contributed by atoms with Crippen LogP contribution in [-0.2, 0) is 11.2 Å². The summed E-state index contributed by atoms with van der Waals surface area (Å²) in [4.78, 5) is 23.5. The van der Waals surface area contributed by atoms with Gasteiger partial charge in [0.15, 0.2) is 0 Å². The maximum Gasteiger partial charge on any atom is 0.269 e. The molecule has 2 N–H and O–H groups in total. The van der Waals surface area contributed by atoms with Gasteiger partial charge in [0.25, 0.3) is 5.91 Å². The van der Waals surface area contributed by atoms with Crippen LogP contribution in [-0.4, -0.2) is 11.8 Å². The third kappa shape index (κ3) is 4.48. The Balaban J connectivity index is 1.87. The Kier molecular flexibility index (Phi) is 5.20. The number of carbonyl (C=O) groups is 2. The first kappa shape index (κ1) is 15.4. The molecule has 0 saturated carbocycles. The Morgan fingerprint density at radius 3 is 2.29 bits per heavy atom. The Bertz CT molecular complexity index is 660. The van der Waals surface area contributed by atoms with Crippen LogP contribution < -0.4 is 10.9 Å². The molecule has 0 radical (unpaired) electrons. The summed E-state index contributed by atoms with van der Waals surface area (Å²) in [6, 6.07) is 13.5. The predicted molar refractivity (Wildman–Crippen MR) is 82.2 cm³/mol. The zero-order valence-electron chi connectivity index (χ0n) is 10.9. The van der Waals surface area contributed by atoms with Gasteiger partial charge in [-0.3, -0.25) is 20.4 Å². The van der Waals surface area contributed by atoms with Crippen molar-refractivity contribution in [1.82, 2.24) is 10.9 Å². The minimum absolute atomic E-state index is 0.0892. The fourth-order valence-corrected chi connectivity index (χ4v) is 1.99. The highest BCUT2D eigenvalue weighted by molar-refractivity contribution is 6.42. The van der Waals surface area contributed by atoms with Crippen LogP contribution in [0.25, 0.3) is 0 Å². The third-order valence-electron chi connectivity index (χ3n) is 2.70. The quantitative estimate of drug-likeness (QED) is 0.853. The molecule has 0 saturated heterocycles. The minimum Gasteiger partial charge on any atom is -0.273 e. The van der Waals surface area contributed by atoms with E-state index in [9.17, 15) is 9.59 Å². The largest absolute Gasteiger partial charge is 0.273 e. The highest BCUT2D eigenvalue weighted by Crippen LogP contribution is 2.22. The van der Waals surface area contributed by atoms with E-state index in [1.165, 1.54) is 0 Å². The summed E-state index contributed by atoms with van der Waals surface area (Å²) in [6.07, 6.45) is 0.0892. The van der Waals surface area contributed by atoms with Gasteiger partial charge in [-0.1, -0.05) is 47.5 Å². The number of benzene rings is 2. The smallest absolute Gasteiger partial charge is 0.269 e. The van der Waals surface area contributed by atoms with Crippen molar-refractivity contribution >= 4 is 35.0 Å². The lowest BCUT2D eigenvalue weighted by Crippen LogP contribution is -2.42. The molecule has 0 spiro atoms. The topological polar surface area (TPSA) is 58.2 Å². The zero-order valence-corrected chi connectivity index (χ0v) is 12.4. The van der Waals surface area contributed by atoms with Crippen molar-refractivity contribution in [3.05, 3.63) is 69.7 Å². The van der Waals surface area contributed by atoms with Crippen molar-refractivity contribution in [2.45, 2.75) is 6.42 Å². The van der Waals surface area contributed by atoms with Crippen molar-refractivity contribution in [3.63, 3.8) is 0 Å². The van der Waals surface area contributed by atoms with E-state index in [-0.39, 0.29) is 18.2 Å². The van der Waals surface area contributed by atoms with E-state index in [1.807, 2.05) is 0 Å². The van der Waals surface area contributed by atoms with Crippen molar-refractivity contribution in [3.8, 4) is 0 Å². The van der Waals surface area contributed by atoms with Gasteiger partial charge in [-0.2, -0.15) is 0 Å². The number of hydrogen-bond donors (Lipinski definition) is 2. The van der Waals surface area contributed by atoms with Gasteiger partial charge >= 0.3 is 0 Å². The molecular weight excluding hydrogens is 311 g/mol. The molecule has 21 heavy (non-hydrogen) atoms. The summed E-state index contributed by atoms with van der Waals surface area (Å²) in [5.41, 5.74) is 5.87. The van der Waals surface area contributed by atoms with Crippen LogP contribution >= 0.6 is 23.2 Å². The average molecular weight is 323 g/mol. The number of rotatable bonds is 3. The summed E-state index contributed by atoms with van der Waals surface area (Å²) in [5, 5.41) is 0.813. The van der Waals surface area contributed by atoms with E-state index in [4.69, 9.17) is 23.2 Å². The normalized spacial score (nSPS) is 10.0. The number of amides is 2. The zero-order chi connectivity index (χ0) is 15.2. The van der Waals surface area contributed by atoms with Gasteiger partial charge in [0.05, 0.1) is 16.5 Å². The lowest BCUT2D eigenvalue weighted by molar-refractivity contribution is -0.121. The fourth-order valence-electron chi connectivity index (χ4n) is 1.67. The van der Waals surface area contributed by atoms with Gasteiger partial charge in [0.1, 0.15) is 0 Å². The van der Waals surface area contributed by atoms with Crippen LogP contribution in [0.1, 0.15) is 15.9 Å². The molecule has 4 nitrogen and oxygen atoms in total. The number of nitrogens with one attached hydrogen (secondary N) is 2. The van der Waals surface area contributed by atoms with Crippen molar-refractivity contribution in [2.75, 3.05) is 0 Å². The molecule has 0 fully saturated rings. The van der Waals surface area contributed by atoms with Gasteiger partial charge in [0.2, 0.25) is 5.91 Å². The first-order chi connectivity index (χ1) is 10.1. The summed E-state index contributed by atoms with van der Waals surface area (Å²) >= 11 is 11.7. The molecule has 0 atom stereocenters. The second kappa shape index (κ2) is 7.11. The van der Waals surface area contributed by atoms with E-state index in [1.54, 1.807) is 48.5 Å². The molecular formula is C15H12Cl2N2O2. The van der Waals surface area contributed by atoms with Crippen LogP contribution in [0.15, 0.2) is 48.5 Å². The lowest BCUT2D eigenvalue weighted by atomic mass is 10.1.